The fourth-order valence-corrected chi connectivity index (χ4v) is 4.55. The summed E-state index contributed by atoms with van der Waals surface area (Å²) in [6.45, 7) is 4.34. The molecule has 0 amide bonds. The molecule has 27 heavy (non-hydrogen) atoms. The summed E-state index contributed by atoms with van der Waals surface area (Å²) in [7, 11) is 0. The summed E-state index contributed by atoms with van der Waals surface area (Å²) in [4.78, 5) is 14.1. The molecule has 0 saturated carbocycles. The number of hydrogen-bond donors (Lipinski definition) is 1. The maximum Gasteiger partial charge on any atom is 0.135 e. The van der Waals surface area contributed by atoms with Gasteiger partial charge in [-0.3, -0.25) is 4.90 Å². The van der Waals surface area contributed by atoms with Crippen LogP contribution in [0, 0.1) is 0 Å². The molecule has 1 N–H and O–H groups in total. The van der Waals surface area contributed by atoms with E-state index in [-0.39, 0.29) is 6.61 Å². The number of aromatic nitrogens is 2. The van der Waals surface area contributed by atoms with Crippen LogP contribution in [0.3, 0.4) is 0 Å². The van der Waals surface area contributed by atoms with Gasteiger partial charge in [0, 0.05) is 43.5 Å². The monoisotopic (exact) mass is 366 g/mol. The van der Waals surface area contributed by atoms with E-state index in [2.05, 4.69) is 50.1 Å². The van der Waals surface area contributed by atoms with E-state index in [9.17, 15) is 5.11 Å². The van der Waals surface area contributed by atoms with Gasteiger partial charge < -0.3 is 10.0 Å². The van der Waals surface area contributed by atoms with E-state index in [0.717, 1.165) is 64.1 Å². The third kappa shape index (κ3) is 4.30. The molecule has 0 bridgehead atoms. The number of aliphatic hydroxyl groups excluding tert-OH is 1. The topological polar surface area (TPSA) is 52.5 Å². The molecule has 4 rings (SSSR count). The van der Waals surface area contributed by atoms with Gasteiger partial charge in [-0.2, -0.15) is 0 Å². The molecule has 2 aromatic rings. The van der Waals surface area contributed by atoms with Gasteiger partial charge in [-0.15, -0.1) is 0 Å². The van der Waals surface area contributed by atoms with Crippen molar-refractivity contribution in [2.75, 3.05) is 37.7 Å². The molecule has 1 aliphatic carbocycles. The zero-order valence-corrected chi connectivity index (χ0v) is 16.1. The van der Waals surface area contributed by atoms with Gasteiger partial charge in [-0.25, -0.2) is 9.97 Å². The normalized spacial score (nSPS) is 20.0. The van der Waals surface area contributed by atoms with Crippen molar-refractivity contribution in [1.29, 1.82) is 0 Å². The molecular formula is C22H30N4O. The third-order valence-corrected chi connectivity index (χ3v) is 5.97. The Kier molecular flexibility index (Phi) is 6.00. The first-order valence-electron chi connectivity index (χ1n) is 10.3. The Morgan fingerprint density at radius 1 is 1.07 bits per heavy atom. The van der Waals surface area contributed by atoms with Crippen LogP contribution < -0.4 is 4.90 Å². The highest BCUT2D eigenvalue weighted by atomic mass is 16.3. The molecule has 1 aromatic carbocycles. The highest BCUT2D eigenvalue weighted by Crippen LogP contribution is 2.29. The highest BCUT2D eigenvalue weighted by Gasteiger charge is 2.29. The van der Waals surface area contributed by atoms with Crippen LogP contribution in [0.15, 0.2) is 36.7 Å². The lowest BCUT2D eigenvalue weighted by Crippen LogP contribution is -2.54. The summed E-state index contributed by atoms with van der Waals surface area (Å²) in [5.41, 5.74) is 4.01. The second-order valence-electron chi connectivity index (χ2n) is 7.71. The fourth-order valence-electron chi connectivity index (χ4n) is 4.55. The summed E-state index contributed by atoms with van der Waals surface area (Å²) >= 11 is 0. The first kappa shape index (κ1) is 18.4. The van der Waals surface area contributed by atoms with Crippen LogP contribution in [0.4, 0.5) is 5.82 Å². The summed E-state index contributed by atoms with van der Waals surface area (Å²) in [5, 5.41) is 9.58. The molecule has 0 radical (unpaired) electrons. The van der Waals surface area contributed by atoms with Crippen LogP contribution in [0.1, 0.15) is 36.1 Å². The minimum atomic E-state index is 0.246. The summed E-state index contributed by atoms with van der Waals surface area (Å²) in [6.07, 6.45) is 8.22. The molecule has 1 aliphatic heterocycles. The lowest BCUT2D eigenvalue weighted by Gasteiger charge is -2.42. The van der Waals surface area contributed by atoms with E-state index in [1.807, 2.05) is 0 Å². The number of fused-ring (bicyclic) bond motifs is 1. The van der Waals surface area contributed by atoms with Crippen molar-refractivity contribution in [3.63, 3.8) is 0 Å². The van der Waals surface area contributed by atoms with E-state index in [4.69, 9.17) is 0 Å². The van der Waals surface area contributed by atoms with Crippen molar-refractivity contribution in [2.24, 2.45) is 0 Å². The Hall–Kier alpha value is -1.98. The summed E-state index contributed by atoms with van der Waals surface area (Å²) in [5.74, 6) is 1.14. The zero-order valence-electron chi connectivity index (χ0n) is 16.1. The van der Waals surface area contributed by atoms with Crippen molar-refractivity contribution in [3.8, 4) is 0 Å². The molecule has 2 aliphatic rings. The number of benzene rings is 1. The molecule has 144 valence electrons. The average molecular weight is 367 g/mol. The minimum Gasteiger partial charge on any atom is -0.396 e. The lowest BCUT2D eigenvalue weighted by atomic mass is 10.1. The van der Waals surface area contributed by atoms with E-state index in [1.165, 1.54) is 23.2 Å². The Morgan fingerprint density at radius 3 is 2.81 bits per heavy atom. The van der Waals surface area contributed by atoms with Gasteiger partial charge in [0.05, 0.1) is 0 Å². The SMILES string of the molecule is OCCC1CN(c2ncnc3c2CCC3)CCN1CCCc1ccccc1. The van der Waals surface area contributed by atoms with Crippen molar-refractivity contribution in [2.45, 2.75) is 44.6 Å². The molecule has 2 heterocycles. The number of rotatable bonds is 7. The van der Waals surface area contributed by atoms with Gasteiger partial charge in [0.15, 0.2) is 0 Å². The van der Waals surface area contributed by atoms with Crippen molar-refractivity contribution in [3.05, 3.63) is 53.5 Å². The molecular weight excluding hydrogens is 336 g/mol. The Morgan fingerprint density at radius 2 is 1.96 bits per heavy atom. The number of hydrogen-bond acceptors (Lipinski definition) is 5. The maximum absolute atomic E-state index is 9.58. The second-order valence-corrected chi connectivity index (χ2v) is 7.71. The average Bonchev–Trinajstić information content (AvgIpc) is 3.19. The molecule has 0 spiro atoms. The van der Waals surface area contributed by atoms with Crippen LogP contribution in [0.25, 0.3) is 0 Å². The number of anilines is 1. The van der Waals surface area contributed by atoms with Gasteiger partial charge in [0.2, 0.25) is 0 Å². The molecule has 1 atom stereocenters. The van der Waals surface area contributed by atoms with E-state index in [0.29, 0.717) is 6.04 Å². The van der Waals surface area contributed by atoms with Crippen LogP contribution in [-0.4, -0.2) is 58.8 Å². The van der Waals surface area contributed by atoms with Gasteiger partial charge in [0.25, 0.3) is 0 Å². The third-order valence-electron chi connectivity index (χ3n) is 5.97. The number of piperazine rings is 1. The van der Waals surface area contributed by atoms with E-state index in [1.54, 1.807) is 6.33 Å². The predicted molar refractivity (Wildman–Crippen MR) is 108 cm³/mol. The van der Waals surface area contributed by atoms with E-state index >= 15 is 0 Å². The van der Waals surface area contributed by atoms with Crippen LogP contribution in [0.2, 0.25) is 0 Å². The number of aliphatic hydroxyl groups is 1. The van der Waals surface area contributed by atoms with Gasteiger partial charge in [-0.1, -0.05) is 30.3 Å². The smallest absolute Gasteiger partial charge is 0.135 e. The summed E-state index contributed by atoms with van der Waals surface area (Å²) in [6, 6.07) is 11.1. The zero-order chi connectivity index (χ0) is 18.5. The molecule has 1 unspecified atom stereocenters. The molecule has 5 heteroatoms. The highest BCUT2D eigenvalue weighted by molar-refractivity contribution is 5.51. The Labute approximate surface area is 162 Å². The second kappa shape index (κ2) is 8.81. The minimum absolute atomic E-state index is 0.246. The molecule has 1 fully saturated rings. The maximum atomic E-state index is 9.58. The van der Waals surface area contributed by atoms with Gasteiger partial charge >= 0.3 is 0 Å². The Bertz CT molecular complexity index is 736. The lowest BCUT2D eigenvalue weighted by molar-refractivity contribution is 0.140. The summed E-state index contributed by atoms with van der Waals surface area (Å²) < 4.78 is 0. The van der Waals surface area contributed by atoms with Gasteiger partial charge in [0.1, 0.15) is 12.1 Å². The van der Waals surface area contributed by atoms with Crippen LogP contribution >= 0.6 is 0 Å². The van der Waals surface area contributed by atoms with Crippen molar-refractivity contribution >= 4 is 5.82 Å². The largest absolute Gasteiger partial charge is 0.396 e. The Balaban J connectivity index is 1.38. The molecule has 5 nitrogen and oxygen atoms in total. The van der Waals surface area contributed by atoms with Gasteiger partial charge in [-0.05, 0) is 50.6 Å². The molecule has 1 saturated heterocycles. The first-order valence-corrected chi connectivity index (χ1v) is 10.3. The van der Waals surface area contributed by atoms with Crippen molar-refractivity contribution < 1.29 is 5.11 Å². The first-order chi connectivity index (χ1) is 13.3. The van der Waals surface area contributed by atoms with E-state index < -0.39 is 0 Å². The number of aryl methyl sites for hydroxylation is 2. The van der Waals surface area contributed by atoms with Crippen LogP contribution in [0.5, 0.6) is 0 Å². The standard InChI is InChI=1S/C22H30N4O/c27-15-11-19-16-26(22-20-9-4-10-21(20)23-17-24-22)14-13-25(19)12-5-8-18-6-2-1-3-7-18/h1-3,6-7,17,19,27H,4-5,8-16H2. The van der Waals surface area contributed by atoms with Crippen LogP contribution in [-0.2, 0) is 19.3 Å². The quantitative estimate of drug-likeness (QED) is 0.816. The van der Waals surface area contributed by atoms with Crippen molar-refractivity contribution in [1.82, 2.24) is 14.9 Å². The fraction of sp³-hybridized carbons (Fsp3) is 0.545. The number of nitrogens with zero attached hydrogens (tertiary/aromatic N) is 4. The molecule has 1 aromatic heterocycles. The predicted octanol–water partition coefficient (Wildman–Crippen LogP) is 2.47.